The number of hydrogen-bond donors (Lipinski definition) is 4. The molecule has 0 aliphatic heterocycles. The molecule has 8 nitrogen and oxygen atoms in total. The molecule has 4 N–H and O–H groups in total. The number of fused-ring (bicyclic) bond motifs is 1. The van der Waals surface area contributed by atoms with Crippen molar-refractivity contribution in [1.82, 2.24) is 20.6 Å². The zero-order chi connectivity index (χ0) is 15.2. The highest BCUT2D eigenvalue weighted by Gasteiger charge is 2.13. The third-order valence-electron chi connectivity index (χ3n) is 2.67. The summed E-state index contributed by atoms with van der Waals surface area (Å²) in [5.74, 6) is -1.72. The number of nitrogens with zero attached hydrogens (tertiary/aromatic N) is 1. The second-order valence-electron chi connectivity index (χ2n) is 4.33. The molecule has 0 spiro atoms. The summed E-state index contributed by atoms with van der Waals surface area (Å²) in [6.07, 6.45) is 1.55. The maximum Gasteiger partial charge on any atom is 0.313 e. The van der Waals surface area contributed by atoms with E-state index in [1.807, 2.05) is 0 Å². The van der Waals surface area contributed by atoms with E-state index in [1.54, 1.807) is 24.5 Å². The van der Waals surface area contributed by atoms with E-state index >= 15 is 0 Å². The molecule has 0 unspecified atom stereocenters. The third kappa shape index (κ3) is 4.03. The number of nitrogens with one attached hydrogen (secondary N) is 4. The molecule has 0 fully saturated rings. The number of anilines is 1. The average molecular weight is 289 g/mol. The van der Waals surface area contributed by atoms with Crippen molar-refractivity contribution in [2.75, 3.05) is 18.4 Å². The van der Waals surface area contributed by atoms with Crippen molar-refractivity contribution in [3.05, 3.63) is 24.5 Å². The van der Waals surface area contributed by atoms with Crippen molar-refractivity contribution in [1.29, 1.82) is 0 Å². The van der Waals surface area contributed by atoms with E-state index in [9.17, 15) is 14.4 Å². The highest BCUT2D eigenvalue weighted by Crippen LogP contribution is 2.15. The van der Waals surface area contributed by atoms with E-state index in [0.29, 0.717) is 5.69 Å². The topological polar surface area (TPSA) is 116 Å². The summed E-state index contributed by atoms with van der Waals surface area (Å²) in [4.78, 5) is 40.8. The lowest BCUT2D eigenvalue weighted by atomic mass is 10.2. The first-order chi connectivity index (χ1) is 10.1. The lowest BCUT2D eigenvalue weighted by Gasteiger charge is -2.06. The van der Waals surface area contributed by atoms with Crippen LogP contribution < -0.4 is 16.0 Å². The van der Waals surface area contributed by atoms with Crippen LogP contribution in [-0.4, -0.2) is 40.8 Å². The number of hydrogen-bond acceptors (Lipinski definition) is 4. The van der Waals surface area contributed by atoms with Gasteiger partial charge in [0.05, 0.1) is 17.4 Å². The van der Waals surface area contributed by atoms with Gasteiger partial charge in [-0.25, -0.2) is 4.98 Å². The van der Waals surface area contributed by atoms with Gasteiger partial charge in [-0.15, -0.1) is 0 Å². The molecular weight excluding hydrogens is 274 g/mol. The predicted octanol–water partition coefficient (Wildman–Crippen LogP) is -0.246. The van der Waals surface area contributed by atoms with Gasteiger partial charge in [0.1, 0.15) is 0 Å². The minimum absolute atomic E-state index is 0.186. The van der Waals surface area contributed by atoms with Crippen LogP contribution in [0.2, 0.25) is 0 Å². The molecular formula is C13H15N5O3. The molecule has 1 heterocycles. The molecule has 0 aliphatic rings. The van der Waals surface area contributed by atoms with Crippen molar-refractivity contribution >= 4 is 34.4 Å². The van der Waals surface area contributed by atoms with Crippen molar-refractivity contribution in [3.63, 3.8) is 0 Å². The number of H-pyrrole nitrogens is 1. The minimum Gasteiger partial charge on any atom is -0.355 e. The molecule has 0 saturated heterocycles. The number of aromatic amines is 1. The van der Waals surface area contributed by atoms with Gasteiger partial charge >= 0.3 is 11.8 Å². The van der Waals surface area contributed by atoms with Gasteiger partial charge in [-0.2, -0.15) is 0 Å². The van der Waals surface area contributed by atoms with E-state index in [0.717, 1.165) is 11.0 Å². The van der Waals surface area contributed by atoms with E-state index in [2.05, 4.69) is 25.9 Å². The first kappa shape index (κ1) is 14.5. The molecule has 0 atom stereocenters. The normalized spacial score (nSPS) is 10.1. The largest absolute Gasteiger partial charge is 0.355 e. The smallest absolute Gasteiger partial charge is 0.313 e. The van der Waals surface area contributed by atoms with Crippen LogP contribution in [0.15, 0.2) is 24.5 Å². The molecule has 3 amide bonds. The second kappa shape index (κ2) is 6.51. The Balaban J connectivity index is 1.85. The van der Waals surface area contributed by atoms with Gasteiger partial charge in [-0.1, -0.05) is 0 Å². The predicted molar refractivity (Wildman–Crippen MR) is 76.4 cm³/mol. The molecule has 0 aliphatic carbocycles. The van der Waals surface area contributed by atoms with Gasteiger partial charge < -0.3 is 20.9 Å². The molecule has 110 valence electrons. The van der Waals surface area contributed by atoms with Crippen molar-refractivity contribution in [2.24, 2.45) is 0 Å². The number of amides is 3. The van der Waals surface area contributed by atoms with Crippen LogP contribution >= 0.6 is 0 Å². The minimum atomic E-state index is -0.767. The van der Waals surface area contributed by atoms with Crippen LogP contribution in [0.3, 0.4) is 0 Å². The fourth-order valence-electron chi connectivity index (χ4n) is 1.70. The Morgan fingerprint density at radius 1 is 1.14 bits per heavy atom. The lowest BCUT2D eigenvalue weighted by Crippen LogP contribution is -2.39. The van der Waals surface area contributed by atoms with Gasteiger partial charge in [0.25, 0.3) is 0 Å². The van der Waals surface area contributed by atoms with Crippen LogP contribution in [0.25, 0.3) is 11.0 Å². The Kier molecular flexibility index (Phi) is 4.50. The van der Waals surface area contributed by atoms with Crippen LogP contribution in [0, 0.1) is 0 Å². The maximum absolute atomic E-state index is 11.7. The monoisotopic (exact) mass is 289 g/mol. The third-order valence-corrected chi connectivity index (χ3v) is 2.67. The van der Waals surface area contributed by atoms with Crippen LogP contribution in [0.4, 0.5) is 5.69 Å². The van der Waals surface area contributed by atoms with Crippen LogP contribution in [0.5, 0.6) is 0 Å². The molecule has 8 heteroatoms. The van der Waals surface area contributed by atoms with Crippen molar-refractivity contribution in [2.45, 2.75) is 6.92 Å². The summed E-state index contributed by atoms with van der Waals surface area (Å²) in [5.41, 5.74) is 2.03. The first-order valence-electron chi connectivity index (χ1n) is 6.33. The van der Waals surface area contributed by atoms with E-state index in [-0.39, 0.29) is 19.0 Å². The number of benzene rings is 1. The first-order valence-corrected chi connectivity index (χ1v) is 6.33. The van der Waals surface area contributed by atoms with Gasteiger partial charge in [0.15, 0.2) is 0 Å². The Morgan fingerprint density at radius 3 is 2.67 bits per heavy atom. The van der Waals surface area contributed by atoms with Crippen LogP contribution in [0.1, 0.15) is 6.92 Å². The van der Waals surface area contributed by atoms with Gasteiger partial charge in [-0.3, -0.25) is 14.4 Å². The number of carbonyl (C=O) groups excluding carboxylic acids is 3. The second-order valence-corrected chi connectivity index (χ2v) is 4.33. The van der Waals surface area contributed by atoms with Crippen molar-refractivity contribution < 1.29 is 14.4 Å². The average Bonchev–Trinajstić information content (AvgIpc) is 2.90. The number of rotatable bonds is 4. The van der Waals surface area contributed by atoms with Gasteiger partial charge in [-0.05, 0) is 18.2 Å². The standard InChI is InChI=1S/C13H15N5O3/c1-8(19)14-4-5-15-12(20)13(21)18-9-2-3-10-11(6-9)17-7-16-10/h2-3,6-7H,4-5H2,1H3,(H,14,19)(H,15,20)(H,16,17)(H,18,21). The number of aromatic nitrogens is 2. The highest BCUT2D eigenvalue weighted by atomic mass is 16.2. The molecule has 0 saturated carbocycles. The molecule has 0 bridgehead atoms. The summed E-state index contributed by atoms with van der Waals surface area (Å²) in [7, 11) is 0. The summed E-state index contributed by atoms with van der Waals surface area (Å²) in [6, 6.07) is 5.08. The Labute approximate surface area is 120 Å². The molecule has 21 heavy (non-hydrogen) atoms. The molecule has 2 rings (SSSR count). The van der Waals surface area contributed by atoms with E-state index in [4.69, 9.17) is 0 Å². The summed E-state index contributed by atoms with van der Waals surface area (Å²) < 4.78 is 0. The van der Waals surface area contributed by atoms with Gasteiger partial charge in [0, 0.05) is 25.7 Å². The highest BCUT2D eigenvalue weighted by molar-refractivity contribution is 6.39. The maximum atomic E-state index is 11.7. The van der Waals surface area contributed by atoms with E-state index in [1.165, 1.54) is 6.92 Å². The summed E-state index contributed by atoms with van der Waals surface area (Å²) >= 11 is 0. The zero-order valence-electron chi connectivity index (χ0n) is 11.4. The lowest BCUT2D eigenvalue weighted by molar-refractivity contribution is -0.136. The molecule has 2 aromatic rings. The Morgan fingerprint density at radius 2 is 1.90 bits per heavy atom. The summed E-state index contributed by atoms with van der Waals surface area (Å²) in [5, 5.41) is 7.40. The molecule has 1 aromatic carbocycles. The zero-order valence-corrected chi connectivity index (χ0v) is 11.4. The Hall–Kier alpha value is -2.90. The summed E-state index contributed by atoms with van der Waals surface area (Å²) in [6.45, 7) is 1.83. The fourth-order valence-corrected chi connectivity index (χ4v) is 1.70. The number of carbonyl (C=O) groups is 3. The van der Waals surface area contributed by atoms with E-state index < -0.39 is 11.8 Å². The Bertz CT molecular complexity index is 679. The number of imidazole rings is 1. The fraction of sp³-hybridized carbons (Fsp3) is 0.231. The van der Waals surface area contributed by atoms with Gasteiger partial charge in [0.2, 0.25) is 5.91 Å². The SMILES string of the molecule is CC(=O)NCCNC(=O)C(=O)Nc1ccc2nc[nH]c2c1. The molecule has 1 aromatic heterocycles. The molecule has 0 radical (unpaired) electrons. The quantitative estimate of drug-likeness (QED) is 0.459. The van der Waals surface area contributed by atoms with Crippen molar-refractivity contribution in [3.8, 4) is 0 Å². The van der Waals surface area contributed by atoms with Crippen LogP contribution in [-0.2, 0) is 14.4 Å².